The normalized spacial score (nSPS) is 16.9. The first-order chi connectivity index (χ1) is 11.3. The molecular weight excluding hydrogens is 326 g/mol. The molecule has 1 aromatic rings. The zero-order chi connectivity index (χ0) is 17.7. The Hall–Kier alpha value is -1.60. The van der Waals surface area contributed by atoms with Gasteiger partial charge in [-0.25, -0.2) is 13.2 Å². The van der Waals surface area contributed by atoms with Gasteiger partial charge >= 0.3 is 6.03 Å². The molecule has 0 unspecified atom stereocenters. The molecule has 0 aliphatic carbocycles. The predicted molar refractivity (Wildman–Crippen MR) is 95.2 cm³/mol. The van der Waals surface area contributed by atoms with Gasteiger partial charge in [0.25, 0.3) is 0 Å². The van der Waals surface area contributed by atoms with E-state index in [4.69, 9.17) is 0 Å². The minimum absolute atomic E-state index is 0.00682. The summed E-state index contributed by atoms with van der Waals surface area (Å²) in [5.74, 6) is 0.00682. The van der Waals surface area contributed by atoms with Crippen molar-refractivity contribution < 1.29 is 13.2 Å². The van der Waals surface area contributed by atoms with Crippen molar-refractivity contribution >= 4 is 16.1 Å². The average molecular weight is 353 g/mol. The maximum Gasteiger partial charge on any atom is 0.317 e. The Balaban J connectivity index is 2.00. The van der Waals surface area contributed by atoms with Gasteiger partial charge < -0.3 is 10.2 Å². The molecule has 0 bridgehead atoms. The Morgan fingerprint density at radius 1 is 1.21 bits per heavy atom. The van der Waals surface area contributed by atoms with Crippen LogP contribution in [0.5, 0.6) is 0 Å². The molecule has 7 heteroatoms. The number of amides is 2. The number of benzene rings is 1. The second kappa shape index (κ2) is 7.98. The maximum atomic E-state index is 12.7. The first kappa shape index (κ1) is 18.7. The molecule has 2 rings (SSSR count). The third-order valence-corrected chi connectivity index (χ3v) is 5.83. The van der Waals surface area contributed by atoms with Crippen LogP contribution >= 0.6 is 0 Å². The smallest absolute Gasteiger partial charge is 0.317 e. The first-order valence-corrected chi connectivity index (χ1v) is 9.97. The molecule has 0 spiro atoms. The van der Waals surface area contributed by atoms with Crippen LogP contribution in [0.3, 0.4) is 0 Å². The van der Waals surface area contributed by atoms with E-state index in [1.165, 1.54) is 4.31 Å². The Labute approximate surface area is 144 Å². The van der Waals surface area contributed by atoms with Gasteiger partial charge in [0.1, 0.15) is 0 Å². The number of urea groups is 1. The van der Waals surface area contributed by atoms with E-state index in [2.05, 4.69) is 5.32 Å². The molecule has 24 heavy (non-hydrogen) atoms. The predicted octanol–water partition coefficient (Wildman–Crippen LogP) is 1.95. The summed E-state index contributed by atoms with van der Waals surface area (Å²) >= 11 is 0. The highest BCUT2D eigenvalue weighted by atomic mass is 32.2. The van der Waals surface area contributed by atoms with Crippen molar-refractivity contribution in [1.29, 1.82) is 0 Å². The van der Waals surface area contributed by atoms with Crippen LogP contribution in [0.4, 0.5) is 4.79 Å². The van der Waals surface area contributed by atoms with Crippen molar-refractivity contribution in [3.63, 3.8) is 0 Å². The van der Waals surface area contributed by atoms with E-state index in [1.807, 2.05) is 45.0 Å². The highest BCUT2D eigenvalue weighted by Gasteiger charge is 2.27. The monoisotopic (exact) mass is 353 g/mol. The second-order valence-electron chi connectivity index (χ2n) is 6.59. The third kappa shape index (κ3) is 5.21. The summed E-state index contributed by atoms with van der Waals surface area (Å²) in [6, 6.07) is 7.51. The van der Waals surface area contributed by atoms with E-state index in [0.29, 0.717) is 32.6 Å². The lowest BCUT2D eigenvalue weighted by atomic mass is 10.2. The van der Waals surface area contributed by atoms with Gasteiger partial charge in [-0.2, -0.15) is 4.31 Å². The highest BCUT2D eigenvalue weighted by Crippen LogP contribution is 2.15. The Kier molecular flexibility index (Phi) is 6.23. The van der Waals surface area contributed by atoms with Crippen molar-refractivity contribution in [3.8, 4) is 0 Å². The molecule has 1 aromatic carbocycles. The molecule has 1 aliphatic heterocycles. The number of carbonyl (C=O) groups excluding carboxylic acids is 1. The highest BCUT2D eigenvalue weighted by molar-refractivity contribution is 7.88. The van der Waals surface area contributed by atoms with Gasteiger partial charge in [-0.15, -0.1) is 0 Å². The van der Waals surface area contributed by atoms with E-state index in [1.54, 1.807) is 4.90 Å². The molecule has 6 nitrogen and oxygen atoms in total. The lowest BCUT2D eigenvalue weighted by molar-refractivity contribution is 0.198. The lowest BCUT2D eigenvalue weighted by Crippen LogP contribution is -2.44. The standard InChI is InChI=1S/C17H27N3O3S/c1-14(2)18-17(21)19-8-5-9-20(11-10-19)24(22,23)13-16-7-4-6-15(3)12-16/h4,6-7,12,14H,5,8-11,13H2,1-3H3,(H,18,21). The number of hydrogen-bond donors (Lipinski definition) is 1. The van der Waals surface area contributed by atoms with Gasteiger partial charge in [0.15, 0.2) is 0 Å². The molecule has 0 saturated carbocycles. The quantitative estimate of drug-likeness (QED) is 0.899. The summed E-state index contributed by atoms with van der Waals surface area (Å²) in [6.07, 6.45) is 0.651. The summed E-state index contributed by atoms with van der Waals surface area (Å²) in [6.45, 7) is 7.58. The average Bonchev–Trinajstić information content (AvgIpc) is 2.72. The Bertz CT molecular complexity index is 673. The summed E-state index contributed by atoms with van der Waals surface area (Å²) in [5, 5.41) is 2.86. The van der Waals surface area contributed by atoms with E-state index in [-0.39, 0.29) is 17.8 Å². The molecule has 1 fully saturated rings. The fourth-order valence-electron chi connectivity index (χ4n) is 2.82. The van der Waals surface area contributed by atoms with Gasteiger partial charge in [-0.1, -0.05) is 29.8 Å². The number of hydrogen-bond acceptors (Lipinski definition) is 3. The zero-order valence-corrected chi connectivity index (χ0v) is 15.5. The van der Waals surface area contributed by atoms with Crippen molar-refractivity contribution in [3.05, 3.63) is 35.4 Å². The summed E-state index contributed by atoms with van der Waals surface area (Å²) in [4.78, 5) is 13.8. The van der Waals surface area contributed by atoms with Crippen LogP contribution in [-0.4, -0.2) is 55.9 Å². The largest absolute Gasteiger partial charge is 0.336 e. The van der Waals surface area contributed by atoms with Crippen LogP contribution in [0.25, 0.3) is 0 Å². The molecule has 1 aliphatic rings. The molecule has 1 saturated heterocycles. The number of carbonyl (C=O) groups is 1. The van der Waals surface area contributed by atoms with Gasteiger partial charge in [0, 0.05) is 32.2 Å². The number of nitrogens with zero attached hydrogens (tertiary/aromatic N) is 2. The molecule has 0 aromatic heterocycles. The van der Waals surface area contributed by atoms with Crippen LogP contribution in [0.2, 0.25) is 0 Å². The van der Waals surface area contributed by atoms with Crippen molar-refractivity contribution in [2.24, 2.45) is 0 Å². The Morgan fingerprint density at radius 2 is 1.96 bits per heavy atom. The fourth-order valence-corrected chi connectivity index (χ4v) is 4.37. The van der Waals surface area contributed by atoms with Crippen molar-refractivity contribution in [2.75, 3.05) is 26.2 Å². The van der Waals surface area contributed by atoms with E-state index < -0.39 is 10.0 Å². The molecule has 0 radical (unpaired) electrons. The van der Waals surface area contributed by atoms with E-state index >= 15 is 0 Å². The van der Waals surface area contributed by atoms with Gasteiger partial charge in [0.05, 0.1) is 5.75 Å². The number of aryl methyl sites for hydroxylation is 1. The molecule has 2 amide bonds. The SMILES string of the molecule is Cc1cccc(CS(=O)(=O)N2CCCN(C(=O)NC(C)C)CC2)c1. The van der Waals surface area contributed by atoms with E-state index in [0.717, 1.165) is 11.1 Å². The van der Waals surface area contributed by atoms with Crippen LogP contribution in [-0.2, 0) is 15.8 Å². The lowest BCUT2D eigenvalue weighted by Gasteiger charge is -2.23. The molecule has 0 atom stereocenters. The summed E-state index contributed by atoms with van der Waals surface area (Å²) < 4.78 is 26.9. The van der Waals surface area contributed by atoms with Crippen LogP contribution in [0.15, 0.2) is 24.3 Å². The van der Waals surface area contributed by atoms with E-state index in [9.17, 15) is 13.2 Å². The molecule has 134 valence electrons. The topological polar surface area (TPSA) is 69.7 Å². The molecule has 1 heterocycles. The van der Waals surface area contributed by atoms with Crippen LogP contribution < -0.4 is 5.32 Å². The zero-order valence-electron chi connectivity index (χ0n) is 14.7. The van der Waals surface area contributed by atoms with Gasteiger partial charge in [0.2, 0.25) is 10.0 Å². The minimum atomic E-state index is -3.37. The summed E-state index contributed by atoms with van der Waals surface area (Å²) in [7, 11) is -3.37. The molecular formula is C17H27N3O3S. The maximum absolute atomic E-state index is 12.7. The second-order valence-corrected chi connectivity index (χ2v) is 8.56. The van der Waals surface area contributed by atoms with Gasteiger partial charge in [-0.3, -0.25) is 0 Å². The number of sulfonamides is 1. The Morgan fingerprint density at radius 3 is 2.62 bits per heavy atom. The van der Waals surface area contributed by atoms with Crippen LogP contribution in [0, 0.1) is 6.92 Å². The fraction of sp³-hybridized carbons (Fsp3) is 0.588. The van der Waals surface area contributed by atoms with Gasteiger partial charge in [-0.05, 0) is 32.8 Å². The summed E-state index contributed by atoms with van der Waals surface area (Å²) in [5.41, 5.74) is 1.85. The minimum Gasteiger partial charge on any atom is -0.336 e. The molecule has 1 N–H and O–H groups in total. The number of rotatable bonds is 4. The number of nitrogens with one attached hydrogen (secondary N) is 1. The third-order valence-electron chi connectivity index (χ3n) is 3.98. The van der Waals surface area contributed by atoms with Crippen molar-refractivity contribution in [1.82, 2.24) is 14.5 Å². The van der Waals surface area contributed by atoms with Crippen LogP contribution in [0.1, 0.15) is 31.4 Å². The first-order valence-electron chi connectivity index (χ1n) is 8.37. The van der Waals surface area contributed by atoms with Crippen molar-refractivity contribution in [2.45, 2.75) is 39.0 Å².